The van der Waals surface area contributed by atoms with E-state index in [0.717, 1.165) is 106 Å². The van der Waals surface area contributed by atoms with E-state index in [2.05, 4.69) is 301 Å². The third-order valence-corrected chi connectivity index (χ3v) is 18.5. The monoisotopic (exact) mass is 1160 g/mol. The summed E-state index contributed by atoms with van der Waals surface area (Å²) in [6.45, 7) is -0.252. The maximum Gasteiger partial charge on any atom is 0.252 e. The maximum atomic E-state index is 5.54. The van der Waals surface area contributed by atoms with Gasteiger partial charge in [-0.15, -0.1) is 0 Å². The molecule has 0 spiro atoms. The summed E-state index contributed by atoms with van der Waals surface area (Å²) in [7, 11) is 0. The molecule has 0 saturated carbocycles. The van der Waals surface area contributed by atoms with Crippen molar-refractivity contribution < 1.29 is 0 Å². The molecular weight excluding hydrogens is 1100 g/mol. The van der Waals surface area contributed by atoms with Gasteiger partial charge in [-0.25, -0.2) is 15.0 Å². The lowest BCUT2D eigenvalue weighted by molar-refractivity contribution is 1.07. The number of hydrogen-bond donors (Lipinski definition) is 0. The summed E-state index contributed by atoms with van der Waals surface area (Å²) in [6, 6.07) is 120. The van der Waals surface area contributed by atoms with Gasteiger partial charge in [0.15, 0.2) is 17.5 Å². The molecule has 18 rings (SSSR count). The number of nitrogens with zero attached hydrogens (tertiary/aromatic N) is 5. The fourth-order valence-corrected chi connectivity index (χ4v) is 14.3. The molecule has 6 heteroatoms. The van der Waals surface area contributed by atoms with E-state index in [0.29, 0.717) is 17.5 Å². The minimum Gasteiger partial charge on any atom is -0.311 e. The van der Waals surface area contributed by atoms with Gasteiger partial charge in [0.2, 0.25) is 0 Å². The Hall–Kier alpha value is -12.0. The minimum absolute atomic E-state index is 0.252. The van der Waals surface area contributed by atoms with Gasteiger partial charge in [0.1, 0.15) is 0 Å². The molecule has 15 aromatic carbocycles. The molecule has 0 amide bonds. The third kappa shape index (κ3) is 8.98. The number of aromatic nitrogens is 3. The van der Waals surface area contributed by atoms with Crippen LogP contribution in [0.15, 0.2) is 328 Å². The number of anilines is 6. The van der Waals surface area contributed by atoms with Crippen LogP contribution in [0.1, 0.15) is 0 Å². The normalized spacial score (nSPS) is 12.3. The van der Waals surface area contributed by atoms with Crippen molar-refractivity contribution in [1.29, 1.82) is 0 Å². The molecule has 3 heterocycles. The Balaban J connectivity index is 1.02. The highest BCUT2D eigenvalue weighted by Gasteiger charge is 2.45. The van der Waals surface area contributed by atoms with Crippen molar-refractivity contribution in [3.05, 3.63) is 328 Å². The maximum absolute atomic E-state index is 5.54. The zero-order valence-corrected chi connectivity index (χ0v) is 49.5. The second-order valence-corrected chi connectivity index (χ2v) is 23.9. The van der Waals surface area contributed by atoms with Crippen molar-refractivity contribution in [3.63, 3.8) is 0 Å². The highest BCUT2D eigenvalue weighted by molar-refractivity contribution is 7.00. The SMILES string of the molecule is c1ccc(-c2cc(-c3ccccc3)cc(N3c4cc5ccc6ccccc6c5cc4B4c5cc6c(ccc7ccccc76)cc5N(c5cc(-c6ccccc6)cc(-c6ccccc6)c5)c5cc(-c6nc(-c7ccccc7)nc(-c7ccccc7)n6)cc3c54)c2)cc1. The van der Waals surface area contributed by atoms with Crippen LogP contribution in [0.3, 0.4) is 0 Å². The van der Waals surface area contributed by atoms with Crippen LogP contribution >= 0.6 is 0 Å². The molecule has 0 radical (unpaired) electrons. The van der Waals surface area contributed by atoms with Crippen molar-refractivity contribution in [1.82, 2.24) is 15.0 Å². The Morgan fingerprint density at radius 1 is 0.209 bits per heavy atom. The molecule has 16 aromatic rings. The van der Waals surface area contributed by atoms with Crippen LogP contribution in [-0.4, -0.2) is 21.7 Å². The predicted molar refractivity (Wildman–Crippen MR) is 382 cm³/mol. The van der Waals surface area contributed by atoms with Gasteiger partial charge in [0.25, 0.3) is 6.71 Å². The fourth-order valence-electron chi connectivity index (χ4n) is 14.3. The minimum atomic E-state index is -0.252. The van der Waals surface area contributed by atoms with E-state index in [1.54, 1.807) is 0 Å². The molecule has 422 valence electrons. The van der Waals surface area contributed by atoms with E-state index in [-0.39, 0.29) is 6.71 Å². The lowest BCUT2D eigenvalue weighted by Gasteiger charge is -2.45. The second-order valence-electron chi connectivity index (χ2n) is 23.9. The number of fused-ring (bicyclic) bond motifs is 10. The summed E-state index contributed by atoms with van der Waals surface area (Å²) >= 11 is 0. The predicted octanol–water partition coefficient (Wildman–Crippen LogP) is 20.2. The molecular formula is C85H54BN5. The quantitative estimate of drug-likeness (QED) is 0.106. The number of rotatable bonds is 9. The first-order valence-electron chi connectivity index (χ1n) is 31.2. The van der Waals surface area contributed by atoms with Gasteiger partial charge in [-0.05, 0) is 165 Å². The van der Waals surface area contributed by atoms with Crippen molar-refractivity contribution in [2.45, 2.75) is 0 Å². The van der Waals surface area contributed by atoms with E-state index in [9.17, 15) is 0 Å². The van der Waals surface area contributed by atoms with Crippen molar-refractivity contribution in [2.24, 2.45) is 0 Å². The second kappa shape index (κ2) is 21.4. The Kier molecular flexibility index (Phi) is 12.3. The van der Waals surface area contributed by atoms with Crippen LogP contribution in [0, 0.1) is 0 Å². The molecule has 0 unspecified atom stereocenters. The van der Waals surface area contributed by atoms with E-state index < -0.39 is 0 Å². The van der Waals surface area contributed by atoms with E-state index in [1.165, 1.54) is 48.7 Å². The van der Waals surface area contributed by atoms with E-state index >= 15 is 0 Å². The summed E-state index contributed by atoms with van der Waals surface area (Å²) in [5, 5.41) is 9.61. The average molecular weight is 1160 g/mol. The lowest BCUT2D eigenvalue weighted by atomic mass is 9.33. The number of hydrogen-bond acceptors (Lipinski definition) is 5. The van der Waals surface area contributed by atoms with Crippen molar-refractivity contribution >= 4 is 100 Å². The Labute approximate surface area is 528 Å². The van der Waals surface area contributed by atoms with E-state index in [4.69, 9.17) is 15.0 Å². The lowest BCUT2D eigenvalue weighted by Crippen LogP contribution is -2.61. The van der Waals surface area contributed by atoms with Gasteiger partial charge in [-0.3, -0.25) is 0 Å². The van der Waals surface area contributed by atoms with Crippen molar-refractivity contribution in [3.8, 4) is 78.7 Å². The van der Waals surface area contributed by atoms with Crippen LogP contribution in [0.25, 0.3) is 122 Å². The van der Waals surface area contributed by atoms with Crippen LogP contribution in [-0.2, 0) is 0 Å². The molecule has 0 fully saturated rings. The number of benzene rings is 15. The highest BCUT2D eigenvalue weighted by Crippen LogP contribution is 2.50. The third-order valence-electron chi connectivity index (χ3n) is 18.5. The summed E-state index contributed by atoms with van der Waals surface area (Å²) in [4.78, 5) is 21.5. The first-order chi connectivity index (χ1) is 45.1. The van der Waals surface area contributed by atoms with Gasteiger partial charge in [0, 0.05) is 50.8 Å². The van der Waals surface area contributed by atoms with Crippen molar-refractivity contribution in [2.75, 3.05) is 9.80 Å². The van der Waals surface area contributed by atoms with Gasteiger partial charge < -0.3 is 9.80 Å². The van der Waals surface area contributed by atoms with Gasteiger partial charge in [-0.1, -0.05) is 267 Å². The first-order valence-corrected chi connectivity index (χ1v) is 31.2. The molecule has 0 atom stereocenters. The molecule has 91 heavy (non-hydrogen) atoms. The fraction of sp³-hybridized carbons (Fsp3) is 0. The molecule has 1 aromatic heterocycles. The molecule has 2 aliphatic rings. The summed E-state index contributed by atoms with van der Waals surface area (Å²) in [5.74, 6) is 1.77. The first kappa shape index (κ1) is 52.2. The molecule has 5 nitrogen and oxygen atoms in total. The molecule has 0 saturated heterocycles. The zero-order chi connectivity index (χ0) is 59.9. The summed E-state index contributed by atoms with van der Waals surface area (Å²) < 4.78 is 0. The molecule has 0 aliphatic carbocycles. The smallest absolute Gasteiger partial charge is 0.252 e. The van der Waals surface area contributed by atoms with Gasteiger partial charge >= 0.3 is 0 Å². The standard InChI is InChI=1S/C85H54BN5/c1-7-23-55(24-8-1)65-43-66(56-25-9-2-10-26-56)46-70(45-65)90-78-49-63-41-39-59-31-19-21-37-72(59)74(63)53-76(78)86-77-54-75-64(42-40-60-32-20-22-38-73(60)75)50-79(77)91(71-47-67(57-27-11-3-12-28-57)44-68(48-71)58-29-13-4-14-30-58)81-52-69(51-80(90)82(81)86)85-88-83(61-33-15-5-16-34-61)87-84(89-85)62-35-17-6-18-36-62/h1-54H. The summed E-state index contributed by atoms with van der Waals surface area (Å²) in [6.07, 6.45) is 0. The Morgan fingerprint density at radius 3 is 0.879 bits per heavy atom. The Morgan fingerprint density at radius 2 is 0.516 bits per heavy atom. The van der Waals surface area contributed by atoms with Crippen LogP contribution in [0.4, 0.5) is 34.1 Å². The summed E-state index contributed by atoms with van der Waals surface area (Å²) in [5.41, 5.74) is 21.6. The van der Waals surface area contributed by atoms with Crippen LogP contribution in [0.2, 0.25) is 0 Å². The zero-order valence-electron chi connectivity index (χ0n) is 49.5. The van der Waals surface area contributed by atoms with Gasteiger partial charge in [-0.2, -0.15) is 0 Å². The molecule has 2 aliphatic heterocycles. The Bertz CT molecular complexity index is 5080. The largest absolute Gasteiger partial charge is 0.311 e. The average Bonchev–Trinajstić information content (AvgIpc) is 0.696. The highest BCUT2D eigenvalue weighted by atomic mass is 15.2. The van der Waals surface area contributed by atoms with Crippen LogP contribution < -0.4 is 26.2 Å². The molecule has 0 N–H and O–H groups in total. The topological polar surface area (TPSA) is 45.2 Å². The molecule has 0 bridgehead atoms. The van der Waals surface area contributed by atoms with Crippen LogP contribution in [0.5, 0.6) is 0 Å². The van der Waals surface area contributed by atoms with E-state index in [1.807, 2.05) is 36.4 Å². The van der Waals surface area contributed by atoms with Gasteiger partial charge in [0.05, 0.1) is 0 Å².